The summed E-state index contributed by atoms with van der Waals surface area (Å²) in [6.45, 7) is 2.56. The van der Waals surface area contributed by atoms with Crippen molar-refractivity contribution < 1.29 is 4.42 Å². The Balaban J connectivity index is 1.94. The summed E-state index contributed by atoms with van der Waals surface area (Å²) in [6.07, 6.45) is 0. The van der Waals surface area contributed by atoms with E-state index in [4.69, 9.17) is 9.68 Å². The van der Waals surface area contributed by atoms with Crippen molar-refractivity contribution in [1.29, 1.82) is 5.26 Å². The van der Waals surface area contributed by atoms with Crippen molar-refractivity contribution in [3.05, 3.63) is 65.6 Å². The number of nitrogens with zero attached hydrogens (tertiary/aromatic N) is 1. The summed E-state index contributed by atoms with van der Waals surface area (Å²) in [4.78, 5) is 0. The van der Waals surface area contributed by atoms with Crippen molar-refractivity contribution in [2.75, 3.05) is 5.32 Å². The first-order chi connectivity index (χ1) is 9.78. The third-order valence-corrected chi connectivity index (χ3v) is 3.29. The van der Waals surface area contributed by atoms with Gasteiger partial charge in [0.15, 0.2) is 0 Å². The Morgan fingerprint density at radius 1 is 1.05 bits per heavy atom. The van der Waals surface area contributed by atoms with Gasteiger partial charge in [-0.3, -0.25) is 0 Å². The van der Waals surface area contributed by atoms with E-state index in [0.29, 0.717) is 12.1 Å². The van der Waals surface area contributed by atoms with Crippen LogP contribution >= 0.6 is 0 Å². The highest BCUT2D eigenvalue weighted by Crippen LogP contribution is 2.26. The molecule has 1 heterocycles. The van der Waals surface area contributed by atoms with Crippen molar-refractivity contribution in [2.45, 2.75) is 13.5 Å². The molecular formula is C17H14N2O. The molecular weight excluding hydrogens is 248 g/mol. The highest BCUT2D eigenvalue weighted by molar-refractivity contribution is 5.97. The summed E-state index contributed by atoms with van der Waals surface area (Å²) in [5.74, 6) is 1.81. The Bertz CT molecular complexity index is 796. The number of furan rings is 1. The molecule has 0 aliphatic heterocycles. The van der Waals surface area contributed by atoms with E-state index in [1.807, 2.05) is 55.5 Å². The zero-order valence-electron chi connectivity index (χ0n) is 11.2. The van der Waals surface area contributed by atoms with Gasteiger partial charge in [0.2, 0.25) is 0 Å². The lowest BCUT2D eigenvalue weighted by Gasteiger charge is -2.09. The normalized spacial score (nSPS) is 10.4. The molecule has 0 spiro atoms. The quantitative estimate of drug-likeness (QED) is 0.768. The van der Waals surface area contributed by atoms with Crippen molar-refractivity contribution >= 4 is 16.5 Å². The van der Waals surface area contributed by atoms with Crippen molar-refractivity contribution in [1.82, 2.24) is 0 Å². The van der Waals surface area contributed by atoms with Gasteiger partial charge >= 0.3 is 0 Å². The van der Waals surface area contributed by atoms with Gasteiger partial charge in [-0.05, 0) is 31.2 Å². The summed E-state index contributed by atoms with van der Waals surface area (Å²) in [5.41, 5.74) is 1.70. The monoisotopic (exact) mass is 262 g/mol. The van der Waals surface area contributed by atoms with Gasteiger partial charge in [0.05, 0.1) is 18.2 Å². The molecule has 3 nitrogen and oxygen atoms in total. The first-order valence-corrected chi connectivity index (χ1v) is 6.49. The lowest BCUT2D eigenvalue weighted by molar-refractivity contribution is 0.490. The zero-order valence-corrected chi connectivity index (χ0v) is 11.2. The fourth-order valence-electron chi connectivity index (χ4n) is 2.31. The van der Waals surface area contributed by atoms with Crippen LogP contribution in [-0.2, 0) is 6.54 Å². The van der Waals surface area contributed by atoms with Crippen LogP contribution in [0.25, 0.3) is 10.8 Å². The average Bonchev–Trinajstić information content (AvgIpc) is 2.90. The number of anilines is 1. The first kappa shape index (κ1) is 12.3. The summed E-state index contributed by atoms with van der Waals surface area (Å²) < 4.78 is 5.55. The lowest BCUT2D eigenvalue weighted by Crippen LogP contribution is -1.99. The Kier molecular flexibility index (Phi) is 3.14. The largest absolute Gasteiger partial charge is 0.465 e. The van der Waals surface area contributed by atoms with E-state index in [9.17, 15) is 0 Å². The maximum absolute atomic E-state index is 9.15. The van der Waals surface area contributed by atoms with Gasteiger partial charge in [0.1, 0.15) is 11.5 Å². The molecule has 3 rings (SSSR count). The molecule has 0 bridgehead atoms. The second kappa shape index (κ2) is 5.10. The van der Waals surface area contributed by atoms with E-state index in [2.05, 4.69) is 11.4 Å². The summed E-state index contributed by atoms with van der Waals surface area (Å²) in [5, 5.41) is 14.5. The number of benzene rings is 2. The van der Waals surface area contributed by atoms with Gasteiger partial charge in [0.25, 0.3) is 0 Å². The third kappa shape index (κ3) is 2.24. The molecule has 1 N–H and O–H groups in total. The Labute approximate surface area is 117 Å². The Hall–Kier alpha value is -2.73. The molecule has 3 heteroatoms. The Morgan fingerprint density at radius 2 is 1.85 bits per heavy atom. The van der Waals surface area contributed by atoms with Crippen LogP contribution in [0.1, 0.15) is 17.1 Å². The van der Waals surface area contributed by atoms with Crippen LogP contribution in [-0.4, -0.2) is 0 Å². The average molecular weight is 262 g/mol. The molecule has 2 aromatic carbocycles. The number of hydrogen-bond donors (Lipinski definition) is 1. The predicted molar refractivity (Wildman–Crippen MR) is 79.4 cm³/mol. The van der Waals surface area contributed by atoms with Crippen LogP contribution < -0.4 is 5.32 Å². The maximum Gasteiger partial charge on any atom is 0.123 e. The smallest absolute Gasteiger partial charge is 0.123 e. The molecule has 98 valence electrons. The van der Waals surface area contributed by atoms with E-state index in [0.717, 1.165) is 28.0 Å². The molecule has 0 amide bonds. The molecule has 0 atom stereocenters. The minimum atomic E-state index is 0.629. The molecule has 1 aromatic heterocycles. The second-order valence-corrected chi connectivity index (χ2v) is 4.68. The lowest BCUT2D eigenvalue weighted by atomic mass is 10.0. The van der Waals surface area contributed by atoms with E-state index in [-0.39, 0.29) is 0 Å². The molecule has 0 unspecified atom stereocenters. The molecule has 0 saturated carbocycles. The van der Waals surface area contributed by atoms with Crippen LogP contribution in [0.2, 0.25) is 0 Å². The predicted octanol–water partition coefficient (Wildman–Crippen LogP) is 4.23. The van der Waals surface area contributed by atoms with Crippen LogP contribution in [0.3, 0.4) is 0 Å². The molecule has 20 heavy (non-hydrogen) atoms. The van der Waals surface area contributed by atoms with Crippen LogP contribution in [0.5, 0.6) is 0 Å². The van der Waals surface area contributed by atoms with E-state index in [1.165, 1.54) is 0 Å². The highest BCUT2D eigenvalue weighted by atomic mass is 16.3. The molecule has 0 fully saturated rings. The van der Waals surface area contributed by atoms with Gasteiger partial charge in [-0.15, -0.1) is 0 Å². The fourth-order valence-corrected chi connectivity index (χ4v) is 2.31. The first-order valence-electron chi connectivity index (χ1n) is 6.49. The minimum absolute atomic E-state index is 0.629. The van der Waals surface area contributed by atoms with Crippen molar-refractivity contribution in [2.24, 2.45) is 0 Å². The second-order valence-electron chi connectivity index (χ2n) is 4.68. The number of nitrogens with one attached hydrogen (secondary N) is 1. The number of rotatable bonds is 3. The molecule has 3 aromatic rings. The van der Waals surface area contributed by atoms with Gasteiger partial charge in [-0.2, -0.15) is 5.26 Å². The topological polar surface area (TPSA) is 49.0 Å². The molecule has 0 aliphatic rings. The van der Waals surface area contributed by atoms with Crippen molar-refractivity contribution in [3.8, 4) is 6.07 Å². The number of hydrogen-bond acceptors (Lipinski definition) is 3. The van der Waals surface area contributed by atoms with E-state index in [1.54, 1.807) is 0 Å². The van der Waals surface area contributed by atoms with Crippen LogP contribution in [0.15, 0.2) is 52.9 Å². The summed E-state index contributed by atoms with van der Waals surface area (Å²) in [6, 6.07) is 17.8. The zero-order chi connectivity index (χ0) is 13.9. The number of nitriles is 1. The summed E-state index contributed by atoms with van der Waals surface area (Å²) in [7, 11) is 0. The summed E-state index contributed by atoms with van der Waals surface area (Å²) >= 11 is 0. The van der Waals surface area contributed by atoms with Crippen LogP contribution in [0.4, 0.5) is 5.69 Å². The van der Waals surface area contributed by atoms with Gasteiger partial charge in [-0.1, -0.05) is 24.3 Å². The van der Waals surface area contributed by atoms with Gasteiger partial charge < -0.3 is 9.73 Å². The molecule has 0 radical (unpaired) electrons. The maximum atomic E-state index is 9.15. The highest BCUT2D eigenvalue weighted by Gasteiger charge is 2.06. The number of fused-ring (bicyclic) bond motifs is 1. The SMILES string of the molecule is Cc1ccc(CNc2ccc(C#N)c3ccccc23)o1. The van der Waals surface area contributed by atoms with E-state index < -0.39 is 0 Å². The molecule has 0 aliphatic carbocycles. The van der Waals surface area contributed by atoms with Crippen LogP contribution in [0, 0.1) is 18.3 Å². The minimum Gasteiger partial charge on any atom is -0.465 e. The third-order valence-electron chi connectivity index (χ3n) is 3.29. The molecule has 0 saturated heterocycles. The Morgan fingerprint density at radius 3 is 2.55 bits per heavy atom. The van der Waals surface area contributed by atoms with Crippen molar-refractivity contribution in [3.63, 3.8) is 0 Å². The number of aryl methyl sites for hydroxylation is 1. The fraction of sp³-hybridized carbons (Fsp3) is 0.118. The standard InChI is InChI=1S/C17H14N2O/c1-12-6-8-14(20-12)11-19-17-9-7-13(10-18)15-4-2-3-5-16(15)17/h2-9,19H,11H2,1H3. The van der Waals surface area contributed by atoms with Gasteiger partial charge in [-0.25, -0.2) is 0 Å². The van der Waals surface area contributed by atoms with Gasteiger partial charge in [0, 0.05) is 16.5 Å². The van der Waals surface area contributed by atoms with E-state index >= 15 is 0 Å².